The van der Waals surface area contributed by atoms with E-state index in [1.54, 1.807) is 0 Å². The van der Waals surface area contributed by atoms with Crippen molar-refractivity contribution in [2.45, 2.75) is 37.8 Å². The molecule has 8 nitrogen and oxygen atoms in total. The minimum atomic E-state index is -0.840. The van der Waals surface area contributed by atoms with Gasteiger partial charge in [0.1, 0.15) is 5.54 Å². The molecule has 2 fully saturated rings. The summed E-state index contributed by atoms with van der Waals surface area (Å²) in [5, 5.41) is 8.80. The Hall–Kier alpha value is -3.39. The fourth-order valence-corrected chi connectivity index (χ4v) is 4.75. The van der Waals surface area contributed by atoms with Gasteiger partial charge in [0.15, 0.2) is 0 Å². The van der Waals surface area contributed by atoms with Crippen LogP contribution in [-0.4, -0.2) is 65.9 Å². The number of benzene rings is 2. The molecule has 0 unspecified atom stereocenters. The van der Waals surface area contributed by atoms with Crippen molar-refractivity contribution in [3.8, 4) is 0 Å². The maximum atomic E-state index is 13.5. The number of rotatable bonds is 7. The van der Waals surface area contributed by atoms with Gasteiger partial charge in [-0.3, -0.25) is 14.5 Å². The molecule has 1 aliphatic carbocycles. The van der Waals surface area contributed by atoms with Crippen LogP contribution >= 0.6 is 0 Å². The van der Waals surface area contributed by atoms with Crippen LogP contribution in [0.4, 0.5) is 10.5 Å². The summed E-state index contributed by atoms with van der Waals surface area (Å²) in [7, 11) is 0. The van der Waals surface area contributed by atoms with Crippen molar-refractivity contribution in [2.24, 2.45) is 0 Å². The van der Waals surface area contributed by atoms with Crippen molar-refractivity contribution in [3.63, 3.8) is 0 Å². The van der Waals surface area contributed by atoms with Gasteiger partial charge in [-0.2, -0.15) is 0 Å². The molecule has 1 heterocycles. The van der Waals surface area contributed by atoms with Crippen molar-refractivity contribution in [1.29, 1.82) is 0 Å². The predicted octanol–water partition coefficient (Wildman–Crippen LogP) is 2.58. The Kier molecular flexibility index (Phi) is 7.80. The highest BCUT2D eigenvalue weighted by Gasteiger charge is 2.45. The zero-order valence-electron chi connectivity index (χ0n) is 19.5. The monoisotopic (exact) mass is 463 g/mol. The Balaban J connectivity index is 1.27. The summed E-state index contributed by atoms with van der Waals surface area (Å²) in [6, 6.07) is 18.8. The molecule has 1 aliphatic heterocycles. The van der Waals surface area contributed by atoms with Gasteiger partial charge in [-0.25, -0.2) is 4.79 Å². The van der Waals surface area contributed by atoms with Crippen LogP contribution < -0.4 is 16.0 Å². The average molecular weight is 464 g/mol. The molecule has 0 bridgehead atoms. The molecule has 0 aromatic heterocycles. The lowest BCUT2D eigenvalue weighted by Crippen LogP contribution is -2.62. The Morgan fingerprint density at radius 1 is 0.824 bits per heavy atom. The quantitative estimate of drug-likeness (QED) is 0.588. The summed E-state index contributed by atoms with van der Waals surface area (Å²) in [6.45, 7) is 3.07. The van der Waals surface area contributed by atoms with Crippen LogP contribution in [0.1, 0.15) is 31.2 Å². The second-order valence-corrected chi connectivity index (χ2v) is 9.07. The molecule has 4 rings (SSSR count). The fraction of sp³-hybridized carbons (Fsp3) is 0.423. The van der Waals surface area contributed by atoms with Crippen molar-refractivity contribution >= 4 is 23.5 Å². The van der Waals surface area contributed by atoms with E-state index in [9.17, 15) is 14.4 Å². The molecule has 180 valence electrons. The minimum Gasteiger partial charge on any atom is -0.338 e. The number of urea groups is 1. The number of carbonyl (C=O) groups excluding carboxylic acids is 3. The highest BCUT2D eigenvalue weighted by molar-refractivity contribution is 5.93. The largest absolute Gasteiger partial charge is 0.338 e. The highest BCUT2D eigenvalue weighted by Crippen LogP contribution is 2.32. The summed E-state index contributed by atoms with van der Waals surface area (Å²) in [6.07, 6.45) is 3.16. The van der Waals surface area contributed by atoms with Crippen LogP contribution in [0, 0.1) is 0 Å². The third-order valence-electron chi connectivity index (χ3n) is 6.60. The van der Waals surface area contributed by atoms with E-state index < -0.39 is 5.54 Å². The van der Waals surface area contributed by atoms with Gasteiger partial charge in [-0.1, -0.05) is 61.4 Å². The Morgan fingerprint density at radius 2 is 1.44 bits per heavy atom. The number of hydrogen-bond acceptors (Lipinski definition) is 4. The van der Waals surface area contributed by atoms with Gasteiger partial charge in [-0.15, -0.1) is 0 Å². The van der Waals surface area contributed by atoms with Crippen molar-refractivity contribution in [2.75, 3.05) is 38.0 Å². The molecule has 2 aromatic carbocycles. The SMILES string of the molecule is O=C(CN1CCN(C(=O)C2(NC(=O)NCc3ccccc3)CCCC2)CC1)Nc1ccccc1. The van der Waals surface area contributed by atoms with Gasteiger partial charge in [0.25, 0.3) is 0 Å². The molecule has 0 radical (unpaired) electrons. The first-order chi connectivity index (χ1) is 16.5. The zero-order chi connectivity index (χ0) is 23.8. The number of piperazine rings is 1. The van der Waals surface area contributed by atoms with Gasteiger partial charge in [0, 0.05) is 38.4 Å². The lowest BCUT2D eigenvalue weighted by atomic mass is 9.95. The third kappa shape index (κ3) is 6.14. The van der Waals surface area contributed by atoms with Crippen LogP contribution in [0.15, 0.2) is 60.7 Å². The molecule has 1 saturated carbocycles. The van der Waals surface area contributed by atoms with E-state index in [0.717, 1.165) is 24.1 Å². The number of nitrogens with zero attached hydrogens (tertiary/aromatic N) is 2. The lowest BCUT2D eigenvalue weighted by molar-refractivity contribution is -0.139. The first kappa shape index (κ1) is 23.8. The molecule has 2 aliphatic rings. The average Bonchev–Trinajstić information content (AvgIpc) is 3.33. The minimum absolute atomic E-state index is 0.00625. The van der Waals surface area contributed by atoms with E-state index in [1.165, 1.54) is 0 Å². The summed E-state index contributed by atoms with van der Waals surface area (Å²) in [4.78, 5) is 42.4. The van der Waals surface area contributed by atoms with Crippen molar-refractivity contribution < 1.29 is 14.4 Å². The Bertz CT molecular complexity index is 968. The van der Waals surface area contributed by atoms with Crippen molar-refractivity contribution in [1.82, 2.24) is 20.4 Å². The molecule has 0 atom stereocenters. The van der Waals surface area contributed by atoms with Gasteiger partial charge >= 0.3 is 6.03 Å². The van der Waals surface area contributed by atoms with Gasteiger partial charge in [0.05, 0.1) is 6.54 Å². The van der Waals surface area contributed by atoms with E-state index >= 15 is 0 Å². The first-order valence-electron chi connectivity index (χ1n) is 12.0. The van der Waals surface area contributed by atoms with E-state index in [0.29, 0.717) is 52.1 Å². The number of amides is 4. The molecular weight excluding hydrogens is 430 g/mol. The van der Waals surface area contributed by atoms with Crippen LogP contribution in [0.2, 0.25) is 0 Å². The van der Waals surface area contributed by atoms with Gasteiger partial charge in [0.2, 0.25) is 11.8 Å². The molecule has 1 saturated heterocycles. The molecule has 4 amide bonds. The molecule has 0 spiro atoms. The second kappa shape index (κ2) is 11.2. The Labute approximate surface area is 200 Å². The van der Waals surface area contributed by atoms with E-state index in [4.69, 9.17) is 0 Å². The maximum absolute atomic E-state index is 13.5. The summed E-state index contributed by atoms with van der Waals surface area (Å²) >= 11 is 0. The van der Waals surface area contributed by atoms with Gasteiger partial charge < -0.3 is 20.9 Å². The molecular formula is C26H33N5O3. The standard InChI is InChI=1S/C26H33N5O3/c32-23(28-22-11-5-2-6-12-22)20-30-15-17-31(18-16-30)24(33)26(13-7-8-14-26)29-25(34)27-19-21-9-3-1-4-10-21/h1-6,9-12H,7-8,13-20H2,(H,28,32)(H2,27,29,34). The van der Waals surface area contributed by atoms with Crippen molar-refractivity contribution in [3.05, 3.63) is 66.2 Å². The third-order valence-corrected chi connectivity index (χ3v) is 6.60. The number of hydrogen-bond donors (Lipinski definition) is 3. The Morgan fingerprint density at radius 3 is 2.09 bits per heavy atom. The van der Waals surface area contributed by atoms with Gasteiger partial charge in [-0.05, 0) is 30.5 Å². The second-order valence-electron chi connectivity index (χ2n) is 9.07. The maximum Gasteiger partial charge on any atom is 0.315 e. The lowest BCUT2D eigenvalue weighted by Gasteiger charge is -2.39. The molecule has 2 aromatic rings. The number of nitrogens with one attached hydrogen (secondary N) is 3. The number of carbonyl (C=O) groups is 3. The molecule has 3 N–H and O–H groups in total. The summed E-state index contributed by atoms with van der Waals surface area (Å²) < 4.78 is 0. The number of anilines is 1. The van der Waals surface area contributed by atoms with Crippen LogP contribution in [0.5, 0.6) is 0 Å². The van der Waals surface area contributed by atoms with E-state index in [1.807, 2.05) is 65.6 Å². The molecule has 34 heavy (non-hydrogen) atoms. The van der Waals surface area contributed by atoms with Crippen LogP contribution in [0.25, 0.3) is 0 Å². The first-order valence-corrected chi connectivity index (χ1v) is 12.0. The predicted molar refractivity (Wildman–Crippen MR) is 131 cm³/mol. The number of para-hydroxylation sites is 1. The van der Waals surface area contributed by atoms with Crippen LogP contribution in [-0.2, 0) is 16.1 Å². The normalized spacial score (nSPS) is 17.7. The van der Waals surface area contributed by atoms with Crippen LogP contribution in [0.3, 0.4) is 0 Å². The van der Waals surface area contributed by atoms with E-state index in [-0.39, 0.29) is 17.8 Å². The molecule has 8 heteroatoms. The smallest absolute Gasteiger partial charge is 0.315 e. The zero-order valence-corrected chi connectivity index (χ0v) is 19.5. The topological polar surface area (TPSA) is 93.8 Å². The fourth-order valence-electron chi connectivity index (χ4n) is 4.75. The summed E-state index contributed by atoms with van der Waals surface area (Å²) in [5.41, 5.74) is 0.950. The van der Waals surface area contributed by atoms with E-state index in [2.05, 4.69) is 20.9 Å². The highest BCUT2D eigenvalue weighted by atomic mass is 16.2. The summed E-state index contributed by atoms with van der Waals surface area (Å²) in [5.74, 6) is -0.0664.